The fraction of sp³-hybridized carbons (Fsp3) is 0.412. The van der Waals surface area contributed by atoms with E-state index in [1.54, 1.807) is 11.9 Å². The van der Waals surface area contributed by atoms with Crippen molar-refractivity contribution in [2.45, 2.75) is 27.3 Å². The molecule has 0 aliphatic heterocycles. The van der Waals surface area contributed by atoms with Gasteiger partial charge < -0.3 is 10.2 Å². The Bertz CT molecular complexity index is 631. The first-order valence-electron chi connectivity index (χ1n) is 7.18. The second-order valence-corrected chi connectivity index (χ2v) is 6.61. The predicted molar refractivity (Wildman–Crippen MR) is 86.1 cm³/mol. The van der Waals surface area contributed by atoms with Crippen LogP contribution in [0.2, 0.25) is 0 Å². The summed E-state index contributed by atoms with van der Waals surface area (Å²) in [4.78, 5) is 18.2. The second-order valence-electron chi connectivity index (χ2n) is 6.61. The molecule has 0 fully saturated rings. The van der Waals surface area contributed by atoms with Crippen LogP contribution in [0.1, 0.15) is 26.3 Å². The summed E-state index contributed by atoms with van der Waals surface area (Å²) >= 11 is 0. The van der Waals surface area contributed by atoms with E-state index in [9.17, 15) is 4.79 Å². The van der Waals surface area contributed by atoms with Crippen molar-refractivity contribution in [3.63, 3.8) is 0 Å². The monoisotopic (exact) mass is 285 g/mol. The van der Waals surface area contributed by atoms with Crippen molar-refractivity contribution in [3.05, 3.63) is 42.1 Å². The smallest absolute Gasteiger partial charge is 0.317 e. The number of nitrogens with zero attached hydrogens (tertiary/aromatic N) is 2. The maximum absolute atomic E-state index is 12.1. The lowest BCUT2D eigenvalue weighted by Gasteiger charge is -2.23. The molecule has 0 saturated carbocycles. The maximum Gasteiger partial charge on any atom is 0.317 e. The minimum atomic E-state index is -0.0573. The molecule has 1 N–H and O–H groups in total. The normalized spacial score (nSPS) is 11.4. The van der Waals surface area contributed by atoms with Crippen LogP contribution >= 0.6 is 0 Å². The Hall–Kier alpha value is -2.10. The second kappa shape index (κ2) is 6.12. The molecule has 0 aliphatic carbocycles. The van der Waals surface area contributed by atoms with Crippen molar-refractivity contribution in [2.75, 3.05) is 13.6 Å². The van der Waals surface area contributed by atoms with Crippen molar-refractivity contribution in [1.82, 2.24) is 15.2 Å². The van der Waals surface area contributed by atoms with Crippen molar-refractivity contribution in [2.24, 2.45) is 5.41 Å². The molecule has 0 spiro atoms. The van der Waals surface area contributed by atoms with Crippen molar-refractivity contribution in [1.29, 1.82) is 0 Å². The van der Waals surface area contributed by atoms with Gasteiger partial charge >= 0.3 is 6.03 Å². The van der Waals surface area contributed by atoms with Gasteiger partial charge in [0, 0.05) is 31.7 Å². The Kier molecular flexibility index (Phi) is 4.46. The molecule has 112 valence electrons. The molecular weight excluding hydrogens is 262 g/mol. The fourth-order valence-electron chi connectivity index (χ4n) is 2.02. The first-order valence-corrected chi connectivity index (χ1v) is 7.18. The molecular formula is C17H23N3O. The SMILES string of the molecule is CN(Cc1cnc2ccccc2c1)C(=O)NCC(C)(C)C. The van der Waals surface area contributed by atoms with E-state index in [0.29, 0.717) is 13.1 Å². The number of hydrogen-bond acceptors (Lipinski definition) is 2. The van der Waals surface area contributed by atoms with Gasteiger partial charge in [0.05, 0.1) is 5.52 Å². The molecule has 1 heterocycles. The number of urea groups is 1. The molecule has 2 amide bonds. The Morgan fingerprint density at radius 3 is 2.71 bits per heavy atom. The van der Waals surface area contributed by atoms with Gasteiger partial charge in [-0.3, -0.25) is 4.98 Å². The van der Waals surface area contributed by atoms with Gasteiger partial charge in [0.2, 0.25) is 0 Å². The lowest BCUT2D eigenvalue weighted by molar-refractivity contribution is 0.202. The van der Waals surface area contributed by atoms with Gasteiger partial charge in [-0.1, -0.05) is 39.0 Å². The molecule has 4 heteroatoms. The number of rotatable bonds is 3. The van der Waals surface area contributed by atoms with Crippen molar-refractivity contribution >= 4 is 16.9 Å². The molecule has 0 saturated heterocycles. The van der Waals surface area contributed by atoms with Crippen molar-refractivity contribution < 1.29 is 4.79 Å². The first-order chi connectivity index (χ1) is 9.85. The number of nitrogens with one attached hydrogen (secondary N) is 1. The average Bonchev–Trinajstić information content (AvgIpc) is 2.43. The predicted octanol–water partition coefficient (Wildman–Crippen LogP) is 3.42. The largest absolute Gasteiger partial charge is 0.337 e. The number of hydrogen-bond donors (Lipinski definition) is 1. The number of benzene rings is 1. The van der Waals surface area contributed by atoms with Crippen LogP contribution in [0.3, 0.4) is 0 Å². The number of aromatic nitrogens is 1. The van der Waals surface area contributed by atoms with Crippen LogP contribution in [0.5, 0.6) is 0 Å². The van der Waals surface area contributed by atoms with E-state index in [-0.39, 0.29) is 11.4 Å². The summed E-state index contributed by atoms with van der Waals surface area (Å²) in [6.07, 6.45) is 1.83. The quantitative estimate of drug-likeness (QED) is 0.939. The molecule has 0 atom stereocenters. The van der Waals surface area contributed by atoms with Crippen LogP contribution in [0.4, 0.5) is 4.79 Å². The van der Waals surface area contributed by atoms with Crippen LogP contribution in [-0.2, 0) is 6.54 Å². The van der Waals surface area contributed by atoms with Gasteiger partial charge in [0.15, 0.2) is 0 Å². The van der Waals surface area contributed by atoms with Crippen LogP contribution < -0.4 is 5.32 Å². The molecule has 0 bridgehead atoms. The van der Waals surface area contributed by atoms with Crippen LogP contribution in [-0.4, -0.2) is 29.5 Å². The third kappa shape index (κ3) is 4.45. The van der Waals surface area contributed by atoms with E-state index in [1.165, 1.54) is 0 Å². The van der Waals surface area contributed by atoms with Crippen LogP contribution in [0.25, 0.3) is 10.9 Å². The summed E-state index contributed by atoms with van der Waals surface area (Å²) in [5, 5.41) is 4.04. The highest BCUT2D eigenvalue weighted by Crippen LogP contribution is 2.14. The summed E-state index contributed by atoms with van der Waals surface area (Å²) in [7, 11) is 1.80. The Labute approximate surface area is 126 Å². The number of carbonyl (C=O) groups excluding carboxylic acids is 1. The number of para-hydroxylation sites is 1. The van der Waals surface area contributed by atoms with E-state index >= 15 is 0 Å². The topological polar surface area (TPSA) is 45.2 Å². The highest BCUT2D eigenvalue weighted by atomic mass is 16.2. The minimum absolute atomic E-state index is 0.0573. The van der Waals surface area contributed by atoms with Gasteiger partial charge in [-0.05, 0) is 23.1 Å². The van der Waals surface area contributed by atoms with E-state index < -0.39 is 0 Å². The summed E-state index contributed by atoms with van der Waals surface area (Å²) in [5.41, 5.74) is 2.09. The first kappa shape index (κ1) is 15.3. The molecule has 0 unspecified atom stereocenters. The van der Waals surface area contributed by atoms with Gasteiger partial charge in [-0.25, -0.2) is 4.79 Å². The molecule has 2 aromatic rings. The Balaban J connectivity index is 2.00. The summed E-state index contributed by atoms with van der Waals surface area (Å²) in [6, 6.07) is 10.0. The Morgan fingerprint density at radius 2 is 2.00 bits per heavy atom. The highest BCUT2D eigenvalue weighted by molar-refractivity contribution is 5.79. The van der Waals surface area contributed by atoms with Gasteiger partial charge in [-0.15, -0.1) is 0 Å². The van der Waals surface area contributed by atoms with Gasteiger partial charge in [0.1, 0.15) is 0 Å². The summed E-state index contributed by atoms with van der Waals surface area (Å²) < 4.78 is 0. The van der Waals surface area contributed by atoms with E-state index in [2.05, 4.69) is 37.1 Å². The highest BCUT2D eigenvalue weighted by Gasteiger charge is 2.14. The van der Waals surface area contributed by atoms with E-state index in [1.807, 2.05) is 30.5 Å². The zero-order chi connectivity index (χ0) is 15.5. The molecule has 0 aliphatic rings. The summed E-state index contributed by atoms with van der Waals surface area (Å²) in [5.74, 6) is 0. The zero-order valence-corrected chi connectivity index (χ0v) is 13.2. The molecule has 2 rings (SSSR count). The number of carbonyl (C=O) groups is 1. The van der Waals surface area contributed by atoms with Crippen molar-refractivity contribution in [3.8, 4) is 0 Å². The average molecular weight is 285 g/mol. The number of pyridine rings is 1. The third-order valence-electron chi connectivity index (χ3n) is 3.18. The Morgan fingerprint density at radius 1 is 1.29 bits per heavy atom. The van der Waals surface area contributed by atoms with Gasteiger partial charge in [-0.2, -0.15) is 0 Å². The molecule has 21 heavy (non-hydrogen) atoms. The summed E-state index contributed by atoms with van der Waals surface area (Å²) in [6.45, 7) is 7.50. The standard InChI is InChI=1S/C17H23N3O/c1-17(2,3)12-19-16(21)20(4)11-13-9-14-7-5-6-8-15(14)18-10-13/h5-10H,11-12H2,1-4H3,(H,19,21). The third-order valence-corrected chi connectivity index (χ3v) is 3.18. The lowest BCUT2D eigenvalue weighted by atomic mass is 9.97. The number of amides is 2. The van der Waals surface area contributed by atoms with Crippen LogP contribution in [0.15, 0.2) is 36.5 Å². The van der Waals surface area contributed by atoms with Crippen LogP contribution in [0, 0.1) is 5.41 Å². The minimum Gasteiger partial charge on any atom is -0.337 e. The van der Waals surface area contributed by atoms with E-state index in [4.69, 9.17) is 0 Å². The molecule has 0 radical (unpaired) electrons. The molecule has 4 nitrogen and oxygen atoms in total. The lowest BCUT2D eigenvalue weighted by Crippen LogP contribution is -2.40. The number of fused-ring (bicyclic) bond motifs is 1. The van der Waals surface area contributed by atoms with Gasteiger partial charge in [0.25, 0.3) is 0 Å². The van der Waals surface area contributed by atoms with E-state index in [0.717, 1.165) is 16.5 Å². The molecule has 1 aromatic heterocycles. The zero-order valence-electron chi connectivity index (χ0n) is 13.2. The maximum atomic E-state index is 12.1. The fourth-order valence-corrected chi connectivity index (χ4v) is 2.02. The molecule has 1 aromatic carbocycles.